The molecule has 190 valence electrons. The van der Waals surface area contributed by atoms with Gasteiger partial charge >= 0.3 is 11.9 Å². The third-order valence-corrected chi connectivity index (χ3v) is 11.3. The molecule has 3 saturated carbocycles. The number of hydrogen-bond donors (Lipinski definition) is 0. The van der Waals surface area contributed by atoms with Crippen molar-refractivity contribution >= 4 is 17.7 Å². The van der Waals surface area contributed by atoms with Crippen LogP contribution in [-0.4, -0.2) is 30.4 Å². The van der Waals surface area contributed by atoms with Crippen LogP contribution in [0, 0.1) is 38.9 Å². The number of ketones is 1. The van der Waals surface area contributed by atoms with E-state index in [1.54, 1.807) is 0 Å². The molecule has 4 aliphatic rings. The van der Waals surface area contributed by atoms with Crippen molar-refractivity contribution in [3.63, 3.8) is 0 Å². The molecule has 0 bridgehead atoms. The monoisotopic (exact) mass is 472 g/mol. The van der Waals surface area contributed by atoms with E-state index in [1.807, 2.05) is 6.92 Å². The molecule has 0 aromatic rings. The SMILES string of the molecule is CC(=O)OCC1(C)CCC2(C)C(=CCC3C4(C)CCC(OC(C)=O)C(C)(C)C4CCC32C)C1=O. The molecular weight excluding hydrogens is 428 g/mol. The number of Topliss-reactive ketones (excluding diaryl/α,β-unsaturated/α-hetero) is 1. The molecule has 0 aliphatic heterocycles. The molecule has 4 rings (SSSR count). The fourth-order valence-electron chi connectivity index (χ4n) is 9.02. The maximum Gasteiger partial charge on any atom is 0.302 e. The Morgan fingerprint density at radius 1 is 0.912 bits per heavy atom. The van der Waals surface area contributed by atoms with Gasteiger partial charge in [0, 0.05) is 24.7 Å². The maximum absolute atomic E-state index is 13.8. The molecule has 0 heterocycles. The van der Waals surface area contributed by atoms with Crippen LogP contribution >= 0.6 is 0 Å². The molecule has 5 heteroatoms. The van der Waals surface area contributed by atoms with E-state index in [0.717, 1.165) is 50.5 Å². The van der Waals surface area contributed by atoms with E-state index in [1.165, 1.54) is 13.8 Å². The first-order valence-electron chi connectivity index (χ1n) is 13.2. The van der Waals surface area contributed by atoms with Gasteiger partial charge in [-0.2, -0.15) is 0 Å². The summed E-state index contributed by atoms with van der Waals surface area (Å²) in [6, 6.07) is 0. The van der Waals surface area contributed by atoms with Gasteiger partial charge in [-0.1, -0.05) is 40.7 Å². The Labute approximate surface area is 205 Å². The van der Waals surface area contributed by atoms with E-state index < -0.39 is 5.41 Å². The van der Waals surface area contributed by atoms with Gasteiger partial charge in [0.25, 0.3) is 0 Å². The molecule has 0 aromatic carbocycles. The molecule has 5 nitrogen and oxygen atoms in total. The lowest BCUT2D eigenvalue weighted by Gasteiger charge is -2.69. The summed E-state index contributed by atoms with van der Waals surface area (Å²) in [6.07, 6.45) is 8.94. The number of rotatable bonds is 3. The van der Waals surface area contributed by atoms with E-state index in [0.29, 0.717) is 11.8 Å². The summed E-state index contributed by atoms with van der Waals surface area (Å²) in [7, 11) is 0. The molecule has 7 atom stereocenters. The van der Waals surface area contributed by atoms with Crippen LogP contribution in [0.3, 0.4) is 0 Å². The fraction of sp³-hybridized carbons (Fsp3) is 0.828. The average molecular weight is 473 g/mol. The topological polar surface area (TPSA) is 69.7 Å². The van der Waals surface area contributed by atoms with Crippen LogP contribution < -0.4 is 0 Å². The predicted molar refractivity (Wildman–Crippen MR) is 131 cm³/mol. The molecular formula is C29H44O5. The number of ether oxygens (including phenoxy) is 2. The zero-order chi connectivity index (χ0) is 25.3. The number of esters is 2. The Hall–Kier alpha value is -1.65. The Bertz CT molecular complexity index is 933. The van der Waals surface area contributed by atoms with Gasteiger partial charge in [-0.05, 0) is 80.1 Å². The molecule has 4 aliphatic carbocycles. The minimum Gasteiger partial charge on any atom is -0.465 e. The Balaban J connectivity index is 1.68. The van der Waals surface area contributed by atoms with Crippen LogP contribution in [0.5, 0.6) is 0 Å². The highest BCUT2D eigenvalue weighted by Gasteiger charge is 2.68. The number of allylic oxidation sites excluding steroid dienone is 2. The quantitative estimate of drug-likeness (QED) is 0.468. The molecule has 0 amide bonds. The molecule has 34 heavy (non-hydrogen) atoms. The zero-order valence-electron chi connectivity index (χ0n) is 22.5. The van der Waals surface area contributed by atoms with E-state index in [2.05, 4.69) is 40.7 Å². The summed E-state index contributed by atoms with van der Waals surface area (Å²) >= 11 is 0. The Kier molecular flexibility index (Phi) is 5.93. The molecule has 0 N–H and O–H groups in total. The number of fused-ring (bicyclic) bond motifs is 5. The highest BCUT2D eigenvalue weighted by Crippen LogP contribution is 2.73. The third kappa shape index (κ3) is 3.43. The van der Waals surface area contributed by atoms with Crippen molar-refractivity contribution in [2.24, 2.45) is 38.9 Å². The molecule has 0 spiro atoms. The van der Waals surface area contributed by atoms with E-state index in [-0.39, 0.29) is 52.1 Å². The normalized spacial score (nSPS) is 45.2. The van der Waals surface area contributed by atoms with Crippen molar-refractivity contribution < 1.29 is 23.9 Å². The molecule has 0 aromatic heterocycles. The lowest BCUT2D eigenvalue weighted by atomic mass is 9.35. The maximum atomic E-state index is 13.8. The molecule has 3 fully saturated rings. The van der Waals surface area contributed by atoms with Gasteiger partial charge in [-0.3, -0.25) is 14.4 Å². The van der Waals surface area contributed by atoms with Gasteiger partial charge in [0.05, 0.1) is 5.41 Å². The summed E-state index contributed by atoms with van der Waals surface area (Å²) in [5.41, 5.74) is 0.265. The second-order valence-electron chi connectivity index (χ2n) is 13.4. The zero-order valence-corrected chi connectivity index (χ0v) is 22.5. The average Bonchev–Trinajstić information content (AvgIpc) is 2.73. The number of carbonyl (C=O) groups is 3. The van der Waals surface area contributed by atoms with Crippen LogP contribution in [0.15, 0.2) is 11.6 Å². The third-order valence-electron chi connectivity index (χ3n) is 11.3. The van der Waals surface area contributed by atoms with Gasteiger partial charge in [-0.25, -0.2) is 0 Å². The standard InChI is InChI=1S/C29H44O5/c1-18(30)33-17-26(5)15-16-28(7)20(24(26)32)9-10-22-27(6)13-12-23(34-19(2)31)25(3,4)21(27)11-14-29(22,28)8/h9,21-23H,10-17H2,1-8H3. The summed E-state index contributed by atoms with van der Waals surface area (Å²) in [6.45, 7) is 16.9. The summed E-state index contributed by atoms with van der Waals surface area (Å²) in [5, 5.41) is 0. The van der Waals surface area contributed by atoms with Gasteiger partial charge in [0.1, 0.15) is 12.7 Å². The van der Waals surface area contributed by atoms with Crippen molar-refractivity contribution in [3.05, 3.63) is 11.6 Å². The van der Waals surface area contributed by atoms with Crippen LogP contribution in [0.2, 0.25) is 0 Å². The highest BCUT2D eigenvalue weighted by atomic mass is 16.5. The number of carbonyl (C=O) groups excluding carboxylic acids is 3. The van der Waals surface area contributed by atoms with Crippen molar-refractivity contribution in [3.8, 4) is 0 Å². The smallest absolute Gasteiger partial charge is 0.302 e. The van der Waals surface area contributed by atoms with Crippen molar-refractivity contribution in [1.82, 2.24) is 0 Å². The van der Waals surface area contributed by atoms with Crippen LogP contribution in [-0.2, 0) is 23.9 Å². The lowest BCUT2D eigenvalue weighted by molar-refractivity contribution is -0.209. The summed E-state index contributed by atoms with van der Waals surface area (Å²) < 4.78 is 11.1. The van der Waals surface area contributed by atoms with Gasteiger partial charge in [0.15, 0.2) is 5.78 Å². The summed E-state index contributed by atoms with van der Waals surface area (Å²) in [4.78, 5) is 37.1. The van der Waals surface area contributed by atoms with Gasteiger partial charge < -0.3 is 9.47 Å². The van der Waals surface area contributed by atoms with E-state index >= 15 is 0 Å². The van der Waals surface area contributed by atoms with Crippen LogP contribution in [0.25, 0.3) is 0 Å². The van der Waals surface area contributed by atoms with Crippen molar-refractivity contribution in [2.75, 3.05) is 6.61 Å². The fourth-order valence-corrected chi connectivity index (χ4v) is 9.02. The Morgan fingerprint density at radius 2 is 1.59 bits per heavy atom. The Morgan fingerprint density at radius 3 is 2.21 bits per heavy atom. The molecule has 0 saturated heterocycles. The largest absolute Gasteiger partial charge is 0.465 e. The van der Waals surface area contributed by atoms with Crippen LogP contribution in [0.4, 0.5) is 0 Å². The number of hydrogen-bond acceptors (Lipinski definition) is 5. The second kappa shape index (κ2) is 7.93. The minimum absolute atomic E-state index is 0.0315. The molecule has 7 unspecified atom stereocenters. The minimum atomic E-state index is -0.634. The first-order chi connectivity index (χ1) is 15.6. The first-order valence-corrected chi connectivity index (χ1v) is 13.2. The first kappa shape index (κ1) is 25.4. The van der Waals surface area contributed by atoms with Crippen LogP contribution in [0.1, 0.15) is 100 Å². The second-order valence-corrected chi connectivity index (χ2v) is 13.4. The van der Waals surface area contributed by atoms with Crippen molar-refractivity contribution in [1.29, 1.82) is 0 Å². The summed E-state index contributed by atoms with van der Waals surface area (Å²) in [5.74, 6) is 0.620. The lowest BCUT2D eigenvalue weighted by Crippen LogP contribution is -2.64. The van der Waals surface area contributed by atoms with Gasteiger partial charge in [0.2, 0.25) is 0 Å². The predicted octanol–water partition coefficient (Wildman–Crippen LogP) is 6.05. The van der Waals surface area contributed by atoms with Crippen molar-refractivity contribution in [2.45, 2.75) is 106 Å². The highest BCUT2D eigenvalue weighted by molar-refractivity contribution is 6.02. The van der Waals surface area contributed by atoms with Gasteiger partial charge in [-0.15, -0.1) is 0 Å². The molecule has 0 radical (unpaired) electrons. The van der Waals surface area contributed by atoms with E-state index in [4.69, 9.17) is 9.47 Å². The van der Waals surface area contributed by atoms with E-state index in [9.17, 15) is 14.4 Å².